The van der Waals surface area contributed by atoms with Crippen LogP contribution in [-0.4, -0.2) is 5.54 Å². The summed E-state index contributed by atoms with van der Waals surface area (Å²) in [7, 11) is 0. The summed E-state index contributed by atoms with van der Waals surface area (Å²) < 4.78 is 0. The van der Waals surface area contributed by atoms with E-state index in [0.717, 1.165) is 5.69 Å². The second-order valence-corrected chi connectivity index (χ2v) is 4.16. The molecule has 0 saturated heterocycles. The van der Waals surface area contributed by atoms with Gasteiger partial charge in [0.15, 0.2) is 0 Å². The summed E-state index contributed by atoms with van der Waals surface area (Å²) in [5, 5.41) is 12.0. The van der Waals surface area contributed by atoms with Crippen LogP contribution >= 0.6 is 0 Å². The fraction of sp³-hybridized carbons (Fsp3) is 0.417. The highest BCUT2D eigenvalue weighted by atomic mass is 15.0. The van der Waals surface area contributed by atoms with Crippen molar-refractivity contribution in [3.05, 3.63) is 29.3 Å². The van der Waals surface area contributed by atoms with Gasteiger partial charge in [-0.3, -0.25) is 0 Å². The van der Waals surface area contributed by atoms with Crippen molar-refractivity contribution in [1.29, 1.82) is 5.26 Å². The molecule has 1 aromatic carbocycles. The molecule has 0 radical (unpaired) electrons. The molecule has 74 valence electrons. The smallest absolute Gasteiger partial charge is 0.119 e. The minimum Gasteiger partial charge on any atom is -0.368 e. The first-order valence-corrected chi connectivity index (χ1v) is 4.71. The van der Waals surface area contributed by atoms with Crippen LogP contribution in [0.25, 0.3) is 0 Å². The van der Waals surface area contributed by atoms with Gasteiger partial charge in [-0.2, -0.15) is 5.26 Å². The largest absolute Gasteiger partial charge is 0.368 e. The third-order valence-electron chi connectivity index (χ3n) is 2.24. The van der Waals surface area contributed by atoms with Gasteiger partial charge in [-0.1, -0.05) is 6.07 Å². The van der Waals surface area contributed by atoms with Gasteiger partial charge in [0.2, 0.25) is 0 Å². The number of benzene rings is 1. The van der Waals surface area contributed by atoms with Gasteiger partial charge in [0.1, 0.15) is 5.54 Å². The number of nitrogens with zero attached hydrogens (tertiary/aromatic N) is 1. The van der Waals surface area contributed by atoms with Crippen molar-refractivity contribution in [2.45, 2.75) is 33.2 Å². The molecule has 0 unspecified atom stereocenters. The van der Waals surface area contributed by atoms with Crippen LogP contribution < -0.4 is 5.32 Å². The number of aryl methyl sites for hydroxylation is 2. The summed E-state index contributed by atoms with van der Waals surface area (Å²) in [6.45, 7) is 7.87. The first kappa shape index (κ1) is 10.6. The van der Waals surface area contributed by atoms with E-state index in [2.05, 4.69) is 37.4 Å². The van der Waals surface area contributed by atoms with E-state index < -0.39 is 5.54 Å². The van der Waals surface area contributed by atoms with Gasteiger partial charge in [0.05, 0.1) is 6.07 Å². The zero-order valence-electron chi connectivity index (χ0n) is 9.18. The van der Waals surface area contributed by atoms with Gasteiger partial charge in [0.25, 0.3) is 0 Å². The van der Waals surface area contributed by atoms with Gasteiger partial charge in [-0.15, -0.1) is 0 Å². The third-order valence-corrected chi connectivity index (χ3v) is 2.24. The van der Waals surface area contributed by atoms with Crippen molar-refractivity contribution in [3.8, 4) is 6.07 Å². The van der Waals surface area contributed by atoms with Gasteiger partial charge < -0.3 is 5.32 Å². The number of hydrogen-bond acceptors (Lipinski definition) is 2. The zero-order valence-corrected chi connectivity index (χ0v) is 9.18. The van der Waals surface area contributed by atoms with Gasteiger partial charge in [-0.05, 0) is 51.0 Å². The number of anilines is 1. The molecule has 0 saturated carbocycles. The van der Waals surface area contributed by atoms with Crippen LogP contribution in [0.3, 0.4) is 0 Å². The van der Waals surface area contributed by atoms with Crippen LogP contribution in [0.5, 0.6) is 0 Å². The van der Waals surface area contributed by atoms with E-state index >= 15 is 0 Å². The summed E-state index contributed by atoms with van der Waals surface area (Å²) in [6.07, 6.45) is 0. The standard InChI is InChI=1S/C12H16N2/c1-9-5-6-11(7-10(9)2)14-12(3,4)8-13/h5-7,14H,1-4H3. The maximum atomic E-state index is 8.87. The van der Waals surface area contributed by atoms with Crippen molar-refractivity contribution < 1.29 is 0 Å². The van der Waals surface area contributed by atoms with E-state index in [9.17, 15) is 0 Å². The first-order chi connectivity index (χ1) is 6.44. The Balaban J connectivity index is 2.90. The van der Waals surface area contributed by atoms with E-state index in [1.54, 1.807) is 0 Å². The summed E-state index contributed by atoms with van der Waals surface area (Å²) in [5.41, 5.74) is 3.00. The number of nitrogens with one attached hydrogen (secondary N) is 1. The van der Waals surface area contributed by atoms with Gasteiger partial charge in [0, 0.05) is 5.69 Å². The topological polar surface area (TPSA) is 35.8 Å². The molecule has 0 heterocycles. The Bertz CT molecular complexity index is 372. The summed E-state index contributed by atoms with van der Waals surface area (Å²) in [6, 6.07) is 8.34. The minimum absolute atomic E-state index is 0.512. The van der Waals surface area contributed by atoms with Crippen molar-refractivity contribution in [1.82, 2.24) is 0 Å². The average molecular weight is 188 g/mol. The lowest BCUT2D eigenvalue weighted by Gasteiger charge is -2.19. The lowest BCUT2D eigenvalue weighted by Crippen LogP contribution is -2.28. The van der Waals surface area contributed by atoms with Gasteiger partial charge in [-0.25, -0.2) is 0 Å². The highest BCUT2D eigenvalue weighted by Gasteiger charge is 2.15. The molecular weight excluding hydrogens is 172 g/mol. The quantitative estimate of drug-likeness (QED) is 0.774. The fourth-order valence-electron chi connectivity index (χ4n) is 1.21. The molecule has 0 aromatic heterocycles. The molecule has 1 rings (SSSR count). The average Bonchev–Trinajstić information content (AvgIpc) is 2.11. The molecule has 0 atom stereocenters. The molecule has 0 amide bonds. The molecule has 0 aliphatic carbocycles. The molecule has 0 aliphatic rings. The Labute approximate surface area is 85.6 Å². The first-order valence-electron chi connectivity index (χ1n) is 4.71. The molecule has 0 fully saturated rings. The van der Waals surface area contributed by atoms with Crippen molar-refractivity contribution in [2.24, 2.45) is 0 Å². The highest BCUT2D eigenvalue weighted by Crippen LogP contribution is 2.18. The molecule has 14 heavy (non-hydrogen) atoms. The van der Waals surface area contributed by atoms with Crippen LogP contribution in [0.15, 0.2) is 18.2 Å². The van der Waals surface area contributed by atoms with Crippen LogP contribution in [0.4, 0.5) is 5.69 Å². The minimum atomic E-state index is -0.512. The molecule has 0 aliphatic heterocycles. The normalized spacial score (nSPS) is 10.8. The Morgan fingerprint density at radius 2 is 1.86 bits per heavy atom. The Morgan fingerprint density at radius 1 is 1.21 bits per heavy atom. The molecular formula is C12H16N2. The SMILES string of the molecule is Cc1ccc(NC(C)(C)C#N)cc1C. The number of rotatable bonds is 2. The Kier molecular flexibility index (Phi) is 2.81. The summed E-state index contributed by atoms with van der Waals surface area (Å²) in [4.78, 5) is 0. The molecule has 2 nitrogen and oxygen atoms in total. The van der Waals surface area contributed by atoms with E-state index in [1.807, 2.05) is 19.9 Å². The predicted octanol–water partition coefficient (Wildman–Crippen LogP) is 3.02. The monoisotopic (exact) mass is 188 g/mol. The Morgan fingerprint density at radius 3 is 2.36 bits per heavy atom. The third kappa shape index (κ3) is 2.50. The zero-order chi connectivity index (χ0) is 10.8. The second-order valence-electron chi connectivity index (χ2n) is 4.16. The Hall–Kier alpha value is -1.49. The summed E-state index contributed by atoms with van der Waals surface area (Å²) in [5.74, 6) is 0. The van der Waals surface area contributed by atoms with E-state index in [0.29, 0.717) is 0 Å². The maximum absolute atomic E-state index is 8.87. The molecule has 1 aromatic rings. The second kappa shape index (κ2) is 3.71. The van der Waals surface area contributed by atoms with Crippen LogP contribution in [-0.2, 0) is 0 Å². The highest BCUT2D eigenvalue weighted by molar-refractivity contribution is 5.50. The van der Waals surface area contributed by atoms with Crippen molar-refractivity contribution in [2.75, 3.05) is 5.32 Å². The fourth-order valence-corrected chi connectivity index (χ4v) is 1.21. The molecule has 2 heteroatoms. The molecule has 1 N–H and O–H groups in total. The lowest BCUT2D eigenvalue weighted by molar-refractivity contribution is 0.728. The number of nitriles is 1. The molecule has 0 bridgehead atoms. The van der Waals surface area contributed by atoms with Crippen LogP contribution in [0, 0.1) is 25.2 Å². The maximum Gasteiger partial charge on any atom is 0.119 e. The van der Waals surface area contributed by atoms with Gasteiger partial charge >= 0.3 is 0 Å². The lowest BCUT2D eigenvalue weighted by atomic mass is 10.1. The van der Waals surface area contributed by atoms with E-state index in [-0.39, 0.29) is 0 Å². The van der Waals surface area contributed by atoms with E-state index in [1.165, 1.54) is 11.1 Å². The summed E-state index contributed by atoms with van der Waals surface area (Å²) >= 11 is 0. The molecule has 0 spiro atoms. The van der Waals surface area contributed by atoms with Crippen LogP contribution in [0.2, 0.25) is 0 Å². The van der Waals surface area contributed by atoms with E-state index in [4.69, 9.17) is 5.26 Å². The van der Waals surface area contributed by atoms with Crippen molar-refractivity contribution in [3.63, 3.8) is 0 Å². The predicted molar refractivity (Wildman–Crippen MR) is 59.2 cm³/mol. The number of hydrogen-bond donors (Lipinski definition) is 1. The van der Waals surface area contributed by atoms with Crippen LogP contribution in [0.1, 0.15) is 25.0 Å². The van der Waals surface area contributed by atoms with Crippen molar-refractivity contribution >= 4 is 5.69 Å².